The molecule has 0 saturated carbocycles. The zero-order valence-electron chi connectivity index (χ0n) is 19.1. The highest BCUT2D eigenvalue weighted by atomic mass is 32.2. The molecule has 2 heterocycles. The summed E-state index contributed by atoms with van der Waals surface area (Å²) in [6.07, 6.45) is -4.82. The summed E-state index contributed by atoms with van der Waals surface area (Å²) in [7, 11) is -3.69. The van der Waals surface area contributed by atoms with Crippen LogP contribution in [-0.4, -0.2) is 50.5 Å². The van der Waals surface area contributed by atoms with E-state index in [1.807, 2.05) is 19.1 Å². The quantitative estimate of drug-likeness (QED) is 0.610. The lowest BCUT2D eigenvalue weighted by Crippen LogP contribution is -2.32. The molecule has 2 aliphatic heterocycles. The third kappa shape index (κ3) is 4.93. The van der Waals surface area contributed by atoms with E-state index in [-0.39, 0.29) is 41.3 Å². The van der Waals surface area contributed by atoms with Crippen molar-refractivity contribution in [3.63, 3.8) is 0 Å². The summed E-state index contributed by atoms with van der Waals surface area (Å²) in [5.74, 6) is -0.633. The molecule has 1 amide bonds. The maximum atomic E-state index is 13.4. The summed E-state index contributed by atoms with van der Waals surface area (Å²) in [5, 5.41) is 0. The third-order valence-electron chi connectivity index (χ3n) is 6.42. The SMILES string of the molecule is CC1OCCC1c1ccc2c(c1)CN(C(=O)c1cc(S(C)(=O)=O)ccc1O[C@@H](C)C(F)(F)F)C2. The minimum atomic E-state index is -4.64. The highest BCUT2D eigenvalue weighted by Gasteiger charge is 2.39. The number of halogens is 3. The molecular weight excluding hydrogens is 471 g/mol. The number of rotatable bonds is 5. The number of nitrogens with zero attached hydrogens (tertiary/aromatic N) is 1. The van der Waals surface area contributed by atoms with Crippen molar-refractivity contribution < 1.29 is 35.9 Å². The molecule has 4 rings (SSSR count). The molecule has 34 heavy (non-hydrogen) atoms. The molecule has 6 nitrogen and oxygen atoms in total. The van der Waals surface area contributed by atoms with Crippen molar-refractivity contribution in [1.82, 2.24) is 4.90 Å². The van der Waals surface area contributed by atoms with Crippen LogP contribution in [0.2, 0.25) is 0 Å². The molecule has 2 aromatic rings. The second-order valence-electron chi connectivity index (χ2n) is 8.89. The Morgan fingerprint density at radius 3 is 2.47 bits per heavy atom. The van der Waals surface area contributed by atoms with E-state index in [1.165, 1.54) is 4.90 Å². The first-order chi connectivity index (χ1) is 15.8. The van der Waals surface area contributed by atoms with Crippen molar-refractivity contribution in [3.05, 3.63) is 58.7 Å². The molecule has 0 bridgehead atoms. The molecular formula is C24H26F3NO5S. The second kappa shape index (κ2) is 8.88. The zero-order valence-corrected chi connectivity index (χ0v) is 19.9. The molecule has 2 aromatic carbocycles. The van der Waals surface area contributed by atoms with Gasteiger partial charge in [-0.3, -0.25) is 4.79 Å². The molecule has 1 saturated heterocycles. The number of hydrogen-bond acceptors (Lipinski definition) is 5. The van der Waals surface area contributed by atoms with Gasteiger partial charge in [0, 0.05) is 31.9 Å². The predicted octanol–water partition coefficient (Wildman–Crippen LogP) is 4.47. The number of benzene rings is 2. The fourth-order valence-corrected chi connectivity index (χ4v) is 5.04. The molecule has 184 valence electrons. The smallest absolute Gasteiger partial charge is 0.425 e. The Labute approximate surface area is 196 Å². The average Bonchev–Trinajstić information content (AvgIpc) is 3.37. The molecule has 3 atom stereocenters. The maximum Gasteiger partial charge on any atom is 0.425 e. The molecule has 0 N–H and O–H groups in total. The average molecular weight is 498 g/mol. The number of carbonyl (C=O) groups excluding carboxylic acids is 1. The summed E-state index contributed by atoms with van der Waals surface area (Å²) < 4.78 is 74.0. The minimum absolute atomic E-state index is 0.103. The Morgan fingerprint density at radius 1 is 1.15 bits per heavy atom. The fourth-order valence-electron chi connectivity index (χ4n) is 4.40. The van der Waals surface area contributed by atoms with Crippen LogP contribution >= 0.6 is 0 Å². The number of fused-ring (bicyclic) bond motifs is 1. The van der Waals surface area contributed by atoms with Crippen LogP contribution in [0.4, 0.5) is 13.2 Å². The van der Waals surface area contributed by atoms with Crippen LogP contribution in [0.25, 0.3) is 0 Å². The number of sulfone groups is 1. The van der Waals surface area contributed by atoms with Gasteiger partial charge in [-0.15, -0.1) is 0 Å². The van der Waals surface area contributed by atoms with E-state index in [2.05, 4.69) is 6.07 Å². The number of hydrogen-bond donors (Lipinski definition) is 0. The number of ether oxygens (including phenoxy) is 2. The normalized spacial score (nSPS) is 21.4. The van der Waals surface area contributed by atoms with Gasteiger partial charge in [0.1, 0.15) is 5.75 Å². The van der Waals surface area contributed by atoms with Crippen molar-refractivity contribution in [3.8, 4) is 5.75 Å². The predicted molar refractivity (Wildman–Crippen MR) is 118 cm³/mol. The number of amides is 1. The molecule has 0 aliphatic carbocycles. The van der Waals surface area contributed by atoms with E-state index in [1.54, 1.807) is 0 Å². The third-order valence-corrected chi connectivity index (χ3v) is 7.53. The van der Waals surface area contributed by atoms with Crippen LogP contribution < -0.4 is 4.74 Å². The van der Waals surface area contributed by atoms with Crippen LogP contribution in [0, 0.1) is 0 Å². The Balaban J connectivity index is 1.63. The minimum Gasteiger partial charge on any atom is -0.480 e. The van der Waals surface area contributed by atoms with Crippen molar-refractivity contribution in [2.24, 2.45) is 0 Å². The molecule has 0 aromatic heterocycles. The van der Waals surface area contributed by atoms with E-state index in [4.69, 9.17) is 9.47 Å². The van der Waals surface area contributed by atoms with Crippen molar-refractivity contribution >= 4 is 15.7 Å². The van der Waals surface area contributed by atoms with Gasteiger partial charge in [-0.05, 0) is 55.2 Å². The summed E-state index contributed by atoms with van der Waals surface area (Å²) in [6, 6.07) is 9.36. The molecule has 1 fully saturated rings. The van der Waals surface area contributed by atoms with Gasteiger partial charge in [-0.2, -0.15) is 13.2 Å². The summed E-state index contributed by atoms with van der Waals surface area (Å²) in [6.45, 7) is 4.09. The summed E-state index contributed by atoms with van der Waals surface area (Å²) in [4.78, 5) is 14.7. The molecule has 10 heteroatoms. The summed E-state index contributed by atoms with van der Waals surface area (Å²) >= 11 is 0. The van der Waals surface area contributed by atoms with E-state index < -0.39 is 28.0 Å². The lowest BCUT2D eigenvalue weighted by atomic mass is 9.91. The molecule has 0 radical (unpaired) electrons. The van der Waals surface area contributed by atoms with Gasteiger partial charge in [0.2, 0.25) is 0 Å². The summed E-state index contributed by atoms with van der Waals surface area (Å²) in [5.41, 5.74) is 2.80. The zero-order chi connectivity index (χ0) is 24.8. The Kier molecular flexibility index (Phi) is 6.41. The molecule has 0 spiro atoms. The van der Waals surface area contributed by atoms with Gasteiger partial charge in [0.05, 0.1) is 16.6 Å². The largest absolute Gasteiger partial charge is 0.480 e. The van der Waals surface area contributed by atoms with E-state index in [0.29, 0.717) is 6.61 Å². The first-order valence-electron chi connectivity index (χ1n) is 10.9. The molecule has 2 unspecified atom stereocenters. The van der Waals surface area contributed by atoms with E-state index >= 15 is 0 Å². The number of alkyl halides is 3. The van der Waals surface area contributed by atoms with Gasteiger partial charge in [-0.25, -0.2) is 8.42 Å². The van der Waals surface area contributed by atoms with Gasteiger partial charge >= 0.3 is 6.18 Å². The Bertz CT molecular complexity index is 1210. The van der Waals surface area contributed by atoms with Crippen LogP contribution in [-0.2, 0) is 27.7 Å². The second-order valence-corrected chi connectivity index (χ2v) is 10.9. The van der Waals surface area contributed by atoms with E-state index in [0.717, 1.165) is 54.5 Å². The Morgan fingerprint density at radius 2 is 1.85 bits per heavy atom. The van der Waals surface area contributed by atoms with Crippen LogP contribution in [0.3, 0.4) is 0 Å². The van der Waals surface area contributed by atoms with Crippen molar-refractivity contribution in [1.29, 1.82) is 0 Å². The Hall–Kier alpha value is -2.59. The number of carbonyl (C=O) groups is 1. The first-order valence-corrected chi connectivity index (χ1v) is 12.8. The van der Waals surface area contributed by atoms with Gasteiger partial charge < -0.3 is 14.4 Å². The lowest BCUT2D eigenvalue weighted by Gasteiger charge is -2.22. The van der Waals surface area contributed by atoms with Crippen molar-refractivity contribution in [2.75, 3.05) is 12.9 Å². The van der Waals surface area contributed by atoms with Crippen LogP contribution in [0.15, 0.2) is 41.3 Å². The van der Waals surface area contributed by atoms with Gasteiger partial charge in [0.25, 0.3) is 5.91 Å². The standard InChI is InChI=1S/C24H26F3NO5S/c1-14-20(8-9-32-14)16-4-5-17-12-28(13-18(17)10-16)23(29)21-11-19(34(3,30)31)6-7-22(21)33-15(2)24(25,26)27/h4-7,10-11,14-15,20H,8-9,12-13H2,1-3H3/t14?,15-,20?/m0/s1. The molecule has 2 aliphatic rings. The van der Waals surface area contributed by atoms with Gasteiger partial charge in [-0.1, -0.05) is 18.2 Å². The monoisotopic (exact) mass is 497 g/mol. The maximum absolute atomic E-state index is 13.4. The highest BCUT2D eigenvalue weighted by Crippen LogP contribution is 2.36. The van der Waals surface area contributed by atoms with Crippen LogP contribution in [0.5, 0.6) is 5.75 Å². The fraction of sp³-hybridized carbons (Fsp3) is 0.458. The van der Waals surface area contributed by atoms with Crippen molar-refractivity contribution in [2.45, 2.75) is 62.6 Å². The van der Waals surface area contributed by atoms with Gasteiger partial charge in [0.15, 0.2) is 15.9 Å². The first kappa shape index (κ1) is 24.5. The lowest BCUT2D eigenvalue weighted by molar-refractivity contribution is -0.189. The topological polar surface area (TPSA) is 72.9 Å². The highest BCUT2D eigenvalue weighted by molar-refractivity contribution is 7.90. The van der Waals surface area contributed by atoms with Crippen LogP contribution in [0.1, 0.15) is 53.2 Å². The van der Waals surface area contributed by atoms with E-state index in [9.17, 15) is 26.4 Å².